The van der Waals surface area contributed by atoms with E-state index in [0.717, 1.165) is 42.5 Å². The lowest BCUT2D eigenvalue weighted by Crippen LogP contribution is -2.11. The Balaban J connectivity index is 1.53. The van der Waals surface area contributed by atoms with Crippen LogP contribution < -0.4 is 4.74 Å². The number of aromatic nitrogens is 1. The molecule has 0 N–H and O–H groups in total. The lowest BCUT2D eigenvalue weighted by molar-refractivity contribution is 0.0730. The Morgan fingerprint density at radius 3 is 2.03 bits per heavy atom. The molecular weight excluding hydrogens is 437 g/mol. The number of unbranched alkanes of at least 4 members (excludes halogenated alkanes) is 7. The minimum absolute atomic E-state index is 0.0417. The molecule has 0 fully saturated rings. The summed E-state index contributed by atoms with van der Waals surface area (Å²) < 4.78 is 20.0. The summed E-state index contributed by atoms with van der Waals surface area (Å²) in [7, 11) is 0. The molecule has 0 radical (unpaired) electrons. The lowest BCUT2D eigenvalue weighted by atomic mass is 10.0. The number of aryl methyl sites for hydroxylation is 2. The van der Waals surface area contributed by atoms with Crippen LogP contribution in [0.2, 0.25) is 0 Å². The Morgan fingerprint density at radius 1 is 0.771 bits per heavy atom. The molecule has 3 aromatic rings. The van der Waals surface area contributed by atoms with Crippen LogP contribution in [0.3, 0.4) is 0 Å². The molecule has 2 aromatic carbocycles. The maximum Gasteiger partial charge on any atom is 0.346 e. The molecule has 0 aliphatic rings. The molecule has 1 heterocycles. The largest absolute Gasteiger partial charge is 0.423 e. The third-order valence-electron chi connectivity index (χ3n) is 6.33. The summed E-state index contributed by atoms with van der Waals surface area (Å²) in [5.74, 6) is -0.836. The molecule has 0 unspecified atom stereocenters. The quantitative estimate of drug-likeness (QED) is 0.133. The van der Waals surface area contributed by atoms with E-state index in [1.54, 1.807) is 12.1 Å². The van der Waals surface area contributed by atoms with Gasteiger partial charge in [-0.25, -0.2) is 9.18 Å². The van der Waals surface area contributed by atoms with E-state index in [9.17, 15) is 9.18 Å². The zero-order valence-electron chi connectivity index (χ0n) is 21.2. The summed E-state index contributed by atoms with van der Waals surface area (Å²) in [6.45, 7) is 4.40. The van der Waals surface area contributed by atoms with Crippen LogP contribution in [0.5, 0.6) is 5.75 Å². The van der Waals surface area contributed by atoms with Crippen molar-refractivity contribution in [1.82, 2.24) is 4.98 Å². The Kier molecular flexibility index (Phi) is 10.9. The average molecular weight is 476 g/mol. The first-order chi connectivity index (χ1) is 17.1. The van der Waals surface area contributed by atoms with E-state index in [1.807, 2.05) is 30.5 Å². The lowest BCUT2D eigenvalue weighted by Gasteiger charge is -2.08. The highest BCUT2D eigenvalue weighted by Gasteiger charge is 2.15. The van der Waals surface area contributed by atoms with Gasteiger partial charge in [-0.15, -0.1) is 0 Å². The fourth-order valence-corrected chi connectivity index (χ4v) is 4.17. The average Bonchev–Trinajstić information content (AvgIpc) is 2.87. The number of ether oxygens (including phenoxy) is 1. The standard InChI is InChI=1S/C31H38FNO2/c1-3-5-7-9-11-12-24-14-20-28(29(32)22-24)31(34)35-27-18-16-26(17-19-27)30-21-15-25(23-33-30)13-10-8-6-4-2/h14-23H,3-13H2,1-2H3. The number of carbonyl (C=O) groups excluding carboxylic acids is 1. The number of hydrogen-bond acceptors (Lipinski definition) is 3. The first-order valence-electron chi connectivity index (χ1n) is 13.2. The van der Waals surface area contributed by atoms with E-state index in [4.69, 9.17) is 4.74 Å². The van der Waals surface area contributed by atoms with E-state index < -0.39 is 11.8 Å². The molecule has 35 heavy (non-hydrogen) atoms. The van der Waals surface area contributed by atoms with Gasteiger partial charge in [0.05, 0.1) is 11.3 Å². The van der Waals surface area contributed by atoms with Crippen LogP contribution in [0, 0.1) is 5.82 Å². The SMILES string of the molecule is CCCCCCCc1ccc(C(=O)Oc2ccc(-c3ccc(CCCCCC)cn3)cc2)c(F)c1. The fourth-order valence-electron chi connectivity index (χ4n) is 4.17. The molecule has 0 aliphatic carbocycles. The van der Waals surface area contributed by atoms with Crippen molar-refractivity contribution in [1.29, 1.82) is 0 Å². The van der Waals surface area contributed by atoms with Crippen molar-refractivity contribution in [3.8, 4) is 17.0 Å². The summed E-state index contributed by atoms with van der Waals surface area (Å²) in [6, 6.07) is 16.1. The summed E-state index contributed by atoms with van der Waals surface area (Å²) in [5, 5.41) is 0. The monoisotopic (exact) mass is 475 g/mol. The Hall–Kier alpha value is -3.01. The molecule has 0 atom stereocenters. The van der Waals surface area contributed by atoms with Crippen molar-refractivity contribution >= 4 is 5.97 Å². The van der Waals surface area contributed by atoms with Gasteiger partial charge in [-0.05, 0) is 79.3 Å². The maximum absolute atomic E-state index is 14.6. The zero-order chi connectivity index (χ0) is 24.9. The van der Waals surface area contributed by atoms with Gasteiger partial charge < -0.3 is 4.74 Å². The number of halogens is 1. The molecule has 0 spiro atoms. The summed E-state index contributed by atoms with van der Waals surface area (Å²) in [4.78, 5) is 17.1. The number of rotatable bonds is 14. The Morgan fingerprint density at radius 2 is 1.40 bits per heavy atom. The molecule has 0 saturated carbocycles. The number of pyridine rings is 1. The number of hydrogen-bond donors (Lipinski definition) is 0. The fraction of sp³-hybridized carbons (Fsp3) is 0.419. The molecule has 0 amide bonds. The van der Waals surface area contributed by atoms with Gasteiger partial charge in [0.25, 0.3) is 0 Å². The van der Waals surface area contributed by atoms with Crippen LogP contribution in [-0.4, -0.2) is 11.0 Å². The van der Waals surface area contributed by atoms with Crippen molar-refractivity contribution in [3.63, 3.8) is 0 Å². The van der Waals surface area contributed by atoms with E-state index in [1.165, 1.54) is 62.6 Å². The second-order valence-electron chi connectivity index (χ2n) is 9.25. The normalized spacial score (nSPS) is 10.9. The number of carbonyl (C=O) groups is 1. The van der Waals surface area contributed by atoms with Crippen molar-refractivity contribution in [2.75, 3.05) is 0 Å². The predicted octanol–water partition coefficient (Wildman–Crippen LogP) is 8.74. The molecule has 0 bridgehead atoms. The third kappa shape index (κ3) is 8.61. The number of nitrogens with zero attached hydrogens (tertiary/aromatic N) is 1. The Labute approximate surface area is 209 Å². The van der Waals surface area contributed by atoms with Gasteiger partial charge >= 0.3 is 5.97 Å². The van der Waals surface area contributed by atoms with Crippen molar-refractivity contribution in [2.45, 2.75) is 84.5 Å². The molecule has 3 nitrogen and oxygen atoms in total. The van der Waals surface area contributed by atoms with Gasteiger partial charge in [-0.2, -0.15) is 0 Å². The third-order valence-corrected chi connectivity index (χ3v) is 6.33. The summed E-state index contributed by atoms with van der Waals surface area (Å²) >= 11 is 0. The van der Waals surface area contributed by atoms with Gasteiger partial charge in [0, 0.05) is 11.8 Å². The van der Waals surface area contributed by atoms with Crippen LogP contribution in [0.25, 0.3) is 11.3 Å². The van der Waals surface area contributed by atoms with Gasteiger partial charge in [-0.3, -0.25) is 4.98 Å². The Bertz CT molecular complexity index is 1040. The van der Waals surface area contributed by atoms with E-state index in [2.05, 4.69) is 24.9 Å². The number of esters is 1. The number of benzene rings is 2. The van der Waals surface area contributed by atoms with Crippen LogP contribution >= 0.6 is 0 Å². The van der Waals surface area contributed by atoms with E-state index in [0.29, 0.717) is 5.75 Å². The molecule has 0 aliphatic heterocycles. The first kappa shape index (κ1) is 26.6. The van der Waals surface area contributed by atoms with Crippen LogP contribution in [0.4, 0.5) is 4.39 Å². The molecule has 3 rings (SSSR count). The maximum atomic E-state index is 14.6. The molecule has 1 aromatic heterocycles. The van der Waals surface area contributed by atoms with Gasteiger partial charge in [0.2, 0.25) is 0 Å². The van der Waals surface area contributed by atoms with Crippen molar-refractivity contribution in [2.24, 2.45) is 0 Å². The highest BCUT2D eigenvalue weighted by atomic mass is 19.1. The van der Waals surface area contributed by atoms with Crippen molar-refractivity contribution in [3.05, 3.63) is 83.3 Å². The van der Waals surface area contributed by atoms with Gasteiger partial charge in [0.1, 0.15) is 11.6 Å². The highest BCUT2D eigenvalue weighted by Crippen LogP contribution is 2.23. The van der Waals surface area contributed by atoms with E-state index >= 15 is 0 Å². The van der Waals surface area contributed by atoms with E-state index in [-0.39, 0.29) is 5.56 Å². The minimum Gasteiger partial charge on any atom is -0.423 e. The predicted molar refractivity (Wildman–Crippen MR) is 141 cm³/mol. The van der Waals surface area contributed by atoms with Crippen LogP contribution in [0.15, 0.2) is 60.8 Å². The molecule has 0 saturated heterocycles. The minimum atomic E-state index is -0.685. The molecule has 4 heteroatoms. The van der Waals surface area contributed by atoms with Crippen LogP contribution in [-0.2, 0) is 12.8 Å². The van der Waals surface area contributed by atoms with Gasteiger partial charge in [0.15, 0.2) is 0 Å². The highest BCUT2D eigenvalue weighted by molar-refractivity contribution is 5.91. The first-order valence-corrected chi connectivity index (χ1v) is 13.2. The summed E-state index contributed by atoms with van der Waals surface area (Å²) in [6.07, 6.45) is 14.6. The zero-order valence-corrected chi connectivity index (χ0v) is 21.2. The molecular formula is C31H38FNO2. The van der Waals surface area contributed by atoms with Crippen molar-refractivity contribution < 1.29 is 13.9 Å². The summed E-state index contributed by atoms with van der Waals surface area (Å²) in [5.41, 5.74) is 3.94. The topological polar surface area (TPSA) is 39.2 Å². The van der Waals surface area contributed by atoms with Crippen LogP contribution in [0.1, 0.15) is 93.1 Å². The molecule has 186 valence electrons. The second kappa shape index (κ2) is 14.4. The smallest absolute Gasteiger partial charge is 0.346 e. The van der Waals surface area contributed by atoms with Gasteiger partial charge in [-0.1, -0.05) is 70.9 Å². The second-order valence-corrected chi connectivity index (χ2v) is 9.25.